The molecule has 5 aromatic carbocycles. The summed E-state index contributed by atoms with van der Waals surface area (Å²) in [4.78, 5) is 22.9. The van der Waals surface area contributed by atoms with Crippen LogP contribution in [0.1, 0.15) is 44.3 Å². The number of carbonyl (C=O) groups excluding carboxylic acids is 1. The van der Waals surface area contributed by atoms with Crippen LogP contribution in [0.25, 0.3) is 0 Å². The van der Waals surface area contributed by atoms with Crippen LogP contribution >= 0.6 is 46.4 Å². The van der Waals surface area contributed by atoms with Crippen LogP contribution in [0.15, 0.2) is 189 Å². The van der Waals surface area contributed by atoms with E-state index >= 15 is 0 Å². The number of nitrogens with zero attached hydrogens (tertiary/aromatic N) is 5. The molecule has 0 saturated carbocycles. The highest BCUT2D eigenvalue weighted by atomic mass is 35.5. The number of pyridine rings is 1. The van der Waals surface area contributed by atoms with Crippen molar-refractivity contribution in [2.45, 2.75) is 24.8 Å². The van der Waals surface area contributed by atoms with Crippen molar-refractivity contribution >= 4 is 52.3 Å². The van der Waals surface area contributed by atoms with E-state index < -0.39 is 5.54 Å². The number of hydrazine groups is 1. The molecule has 0 aliphatic heterocycles. The Hall–Kier alpha value is -5.78. The molecule has 3 aromatic heterocycles. The van der Waals surface area contributed by atoms with Gasteiger partial charge in [0, 0.05) is 74.0 Å². The van der Waals surface area contributed by atoms with E-state index in [0.717, 1.165) is 32.8 Å². The molecule has 0 aliphatic rings. The minimum absolute atomic E-state index is 0.223. The van der Waals surface area contributed by atoms with Crippen LogP contribution < -0.4 is 11.3 Å². The predicted molar refractivity (Wildman–Crippen MR) is 235 cm³/mol. The summed E-state index contributed by atoms with van der Waals surface area (Å²) in [6, 6.07) is 45.0. The van der Waals surface area contributed by atoms with Gasteiger partial charge in [0.2, 0.25) is 0 Å². The second-order valence-corrected chi connectivity index (χ2v) is 14.6. The molecule has 13 heteroatoms. The molecule has 9 nitrogen and oxygen atoms in total. The first-order chi connectivity index (χ1) is 28.8. The van der Waals surface area contributed by atoms with Crippen molar-refractivity contribution in [3.8, 4) is 0 Å². The van der Waals surface area contributed by atoms with Gasteiger partial charge in [0.05, 0.1) is 25.8 Å². The first-order valence-electron chi connectivity index (χ1n) is 18.3. The van der Waals surface area contributed by atoms with E-state index in [-0.39, 0.29) is 12.0 Å². The monoisotopic (exact) mass is 861 g/mol. The minimum Gasteiger partial charge on any atom is -0.367 e. The molecular formula is C46H39Cl4N7O2. The predicted octanol–water partition coefficient (Wildman–Crippen LogP) is 10.9. The quantitative estimate of drug-likeness (QED) is 0.0580. The maximum absolute atomic E-state index is 10.7. The van der Waals surface area contributed by atoms with E-state index in [1.165, 1.54) is 12.4 Å². The first-order valence-corrected chi connectivity index (χ1v) is 19.8. The normalized spacial score (nSPS) is 11.3. The molecular weight excluding hydrogens is 824 g/mol. The summed E-state index contributed by atoms with van der Waals surface area (Å²) in [6.07, 6.45) is 13.9. The number of nitrogen functional groups attached to an aromatic ring is 1. The lowest BCUT2D eigenvalue weighted by atomic mass is 9.76. The molecule has 0 aliphatic carbocycles. The van der Waals surface area contributed by atoms with E-state index in [1.807, 2.05) is 95.4 Å². The summed E-state index contributed by atoms with van der Waals surface area (Å²) in [5.41, 5.74) is 7.16. The number of ether oxygens (including phenoxy) is 1. The van der Waals surface area contributed by atoms with E-state index in [0.29, 0.717) is 33.8 Å². The maximum Gasteiger partial charge on any atom is 0.265 e. The summed E-state index contributed by atoms with van der Waals surface area (Å²) in [5.74, 6) is 4.58. The van der Waals surface area contributed by atoms with Crippen molar-refractivity contribution in [1.82, 2.24) is 29.5 Å². The second kappa shape index (κ2) is 21.3. The zero-order valence-corrected chi connectivity index (χ0v) is 34.6. The number of hydrogen-bond donors (Lipinski definition) is 2. The minimum atomic E-state index is -0.586. The highest BCUT2D eigenvalue weighted by Gasteiger charge is 2.39. The van der Waals surface area contributed by atoms with E-state index in [4.69, 9.17) is 57.0 Å². The summed E-state index contributed by atoms with van der Waals surface area (Å²) >= 11 is 25.0. The Bertz CT molecular complexity index is 2430. The Morgan fingerprint density at radius 3 is 1.85 bits per heavy atom. The van der Waals surface area contributed by atoms with Gasteiger partial charge < -0.3 is 13.9 Å². The van der Waals surface area contributed by atoms with Crippen molar-refractivity contribution in [3.63, 3.8) is 0 Å². The molecule has 0 fully saturated rings. The van der Waals surface area contributed by atoms with Crippen LogP contribution in [-0.4, -0.2) is 30.0 Å². The van der Waals surface area contributed by atoms with Crippen LogP contribution in [0.5, 0.6) is 0 Å². The molecule has 1 amide bonds. The highest BCUT2D eigenvalue weighted by Crippen LogP contribution is 2.43. The standard InChI is InChI=1S/C22H17ClN2.C18H15Cl3N2O.C6H7N3O/c23-21-14-8-7-13-20(21)22(25-16-15-24-17-25,18-9-3-1-4-10-18)19-11-5-2-6-12-19;19-14-3-1-13(2-4-14)11-24-18(10-23-8-7-22-12-23)16-6-5-15(20)9-17(16)21;7-9-6(10)5-1-3-8-4-2-5/h1-17H;1-9,12,18H,10-11H2;1-4H,7H2,(H,9,10). The van der Waals surface area contributed by atoms with Gasteiger partial charge in [0.15, 0.2) is 0 Å². The summed E-state index contributed by atoms with van der Waals surface area (Å²) in [5, 5.41) is 2.62. The van der Waals surface area contributed by atoms with Gasteiger partial charge in [-0.1, -0.05) is 143 Å². The van der Waals surface area contributed by atoms with Crippen molar-refractivity contribution in [2.24, 2.45) is 5.84 Å². The fourth-order valence-electron chi connectivity index (χ4n) is 6.44. The fraction of sp³-hybridized carbons (Fsp3) is 0.0870. The van der Waals surface area contributed by atoms with Crippen molar-refractivity contribution in [2.75, 3.05) is 0 Å². The Balaban J connectivity index is 0.000000162. The number of nitrogens with one attached hydrogen (secondary N) is 1. The number of amides is 1. The SMILES string of the molecule is Clc1ccc(COC(Cn2ccnc2)c2ccc(Cl)cc2Cl)cc1.Clc1ccccc1C(c1ccccc1)(c1ccccc1)n1ccnc1.NNC(=O)c1ccncc1. The van der Waals surface area contributed by atoms with Gasteiger partial charge in [-0.25, -0.2) is 15.8 Å². The molecule has 0 radical (unpaired) electrons. The van der Waals surface area contributed by atoms with Gasteiger partial charge in [-0.2, -0.15) is 0 Å². The molecule has 1 unspecified atom stereocenters. The summed E-state index contributed by atoms with van der Waals surface area (Å²) < 4.78 is 10.2. The third-order valence-corrected chi connectivity index (χ3v) is 10.4. The van der Waals surface area contributed by atoms with Gasteiger partial charge in [0.25, 0.3) is 5.91 Å². The average Bonchev–Trinajstić information content (AvgIpc) is 4.01. The Labute approximate surface area is 363 Å². The van der Waals surface area contributed by atoms with Crippen LogP contribution in [-0.2, 0) is 23.4 Å². The zero-order chi connectivity index (χ0) is 41.5. The van der Waals surface area contributed by atoms with Gasteiger partial charge in [0.1, 0.15) is 11.6 Å². The lowest BCUT2D eigenvalue weighted by Gasteiger charge is -2.37. The maximum atomic E-state index is 10.7. The van der Waals surface area contributed by atoms with Crippen molar-refractivity contribution < 1.29 is 9.53 Å². The summed E-state index contributed by atoms with van der Waals surface area (Å²) in [7, 11) is 0. The second-order valence-electron chi connectivity index (χ2n) is 13.0. The van der Waals surface area contributed by atoms with E-state index in [2.05, 4.69) is 74.1 Å². The van der Waals surface area contributed by atoms with Crippen LogP contribution in [0.4, 0.5) is 0 Å². The first kappa shape index (κ1) is 42.8. The van der Waals surface area contributed by atoms with E-state index in [9.17, 15) is 4.79 Å². The van der Waals surface area contributed by atoms with Crippen LogP contribution in [0.2, 0.25) is 20.1 Å². The fourth-order valence-corrected chi connectivity index (χ4v) is 7.37. The molecule has 59 heavy (non-hydrogen) atoms. The van der Waals surface area contributed by atoms with Crippen molar-refractivity contribution in [3.05, 3.63) is 243 Å². The molecule has 0 saturated heterocycles. The number of imidazole rings is 2. The molecule has 298 valence electrons. The third-order valence-electron chi connectivity index (χ3n) is 9.22. The number of nitrogens with two attached hydrogens (primary N) is 1. The lowest BCUT2D eigenvalue weighted by Crippen LogP contribution is -2.37. The highest BCUT2D eigenvalue weighted by molar-refractivity contribution is 6.35. The number of aromatic nitrogens is 5. The average molecular weight is 864 g/mol. The van der Waals surface area contributed by atoms with Crippen LogP contribution in [0, 0.1) is 0 Å². The molecule has 3 heterocycles. The molecule has 3 N–H and O–H groups in total. The largest absolute Gasteiger partial charge is 0.367 e. The molecule has 8 rings (SSSR count). The lowest BCUT2D eigenvalue weighted by molar-refractivity contribution is 0.0280. The Morgan fingerprint density at radius 2 is 1.27 bits per heavy atom. The van der Waals surface area contributed by atoms with E-state index in [1.54, 1.807) is 36.9 Å². The topological polar surface area (TPSA) is 113 Å². The zero-order valence-electron chi connectivity index (χ0n) is 31.5. The number of rotatable bonds is 11. The van der Waals surface area contributed by atoms with Crippen molar-refractivity contribution in [1.29, 1.82) is 0 Å². The number of halogens is 4. The summed E-state index contributed by atoms with van der Waals surface area (Å²) in [6.45, 7) is 1.06. The Morgan fingerprint density at radius 1 is 0.661 bits per heavy atom. The number of carbonyl (C=O) groups is 1. The molecule has 1 atom stereocenters. The third kappa shape index (κ3) is 11.0. The van der Waals surface area contributed by atoms with Gasteiger partial charge in [-0.3, -0.25) is 15.2 Å². The molecule has 0 bridgehead atoms. The smallest absolute Gasteiger partial charge is 0.265 e. The number of benzene rings is 5. The molecule has 8 aromatic rings. The number of hydrogen-bond acceptors (Lipinski definition) is 6. The Kier molecular flexibility index (Phi) is 15.4. The van der Waals surface area contributed by atoms with Crippen LogP contribution in [0.3, 0.4) is 0 Å². The van der Waals surface area contributed by atoms with Gasteiger partial charge in [-0.05, 0) is 59.2 Å². The molecule has 0 spiro atoms. The van der Waals surface area contributed by atoms with Gasteiger partial charge >= 0.3 is 0 Å². The van der Waals surface area contributed by atoms with Gasteiger partial charge in [-0.15, -0.1) is 0 Å².